The number of aliphatic hydroxyl groups excluding tert-OH is 1. The third-order valence-corrected chi connectivity index (χ3v) is 4.37. The summed E-state index contributed by atoms with van der Waals surface area (Å²) < 4.78 is 47.5. The first kappa shape index (κ1) is 17.5. The first-order valence-electron chi connectivity index (χ1n) is 5.79. The summed E-state index contributed by atoms with van der Waals surface area (Å²) in [6.45, 7) is -0.422. The molecule has 0 spiro atoms. The smallest absolute Gasteiger partial charge is 0.242 e. The van der Waals surface area contributed by atoms with Crippen LogP contribution in [0.3, 0.4) is 0 Å². The van der Waals surface area contributed by atoms with Crippen molar-refractivity contribution in [2.75, 3.05) is 18.9 Å². The predicted molar refractivity (Wildman–Crippen MR) is 76.0 cm³/mol. The molecule has 0 aliphatic rings. The van der Waals surface area contributed by atoms with E-state index in [0.29, 0.717) is 5.56 Å². The highest BCUT2D eigenvalue weighted by Gasteiger charge is 2.15. The maximum absolute atomic E-state index is 11.9. The van der Waals surface area contributed by atoms with E-state index in [9.17, 15) is 16.8 Å². The summed E-state index contributed by atoms with van der Waals surface area (Å²) in [4.78, 5) is 3.63. The number of hydrogen-bond donors (Lipinski definition) is 3. The summed E-state index contributed by atoms with van der Waals surface area (Å²) in [6.07, 6.45) is 2.77. The van der Waals surface area contributed by atoms with Crippen molar-refractivity contribution < 1.29 is 21.9 Å². The number of rotatable bonds is 6. The first-order chi connectivity index (χ1) is 9.74. The lowest BCUT2D eigenvalue weighted by atomic mass is 10.3. The van der Waals surface area contributed by atoms with E-state index >= 15 is 0 Å². The Hall–Kier alpha value is -1.51. The summed E-state index contributed by atoms with van der Waals surface area (Å²) in [5, 5.41) is 13.4. The Kier molecular flexibility index (Phi) is 6.25. The fourth-order valence-electron chi connectivity index (χ4n) is 1.26. The van der Waals surface area contributed by atoms with Gasteiger partial charge in [-0.25, -0.2) is 26.7 Å². The molecular weight excluding hydrogens is 318 g/mol. The zero-order valence-electron chi connectivity index (χ0n) is 11.0. The van der Waals surface area contributed by atoms with E-state index in [4.69, 9.17) is 10.2 Å². The molecule has 0 bridgehead atoms. The van der Waals surface area contributed by atoms with Gasteiger partial charge in [-0.1, -0.05) is 11.8 Å². The van der Waals surface area contributed by atoms with Gasteiger partial charge in [-0.15, -0.1) is 0 Å². The van der Waals surface area contributed by atoms with Crippen LogP contribution in [0.5, 0.6) is 0 Å². The summed E-state index contributed by atoms with van der Waals surface area (Å²) in [6, 6.07) is 1.30. The largest absolute Gasteiger partial charge is 0.395 e. The number of nitrogens with two attached hydrogens (primary N) is 1. The molecule has 21 heavy (non-hydrogen) atoms. The van der Waals surface area contributed by atoms with Gasteiger partial charge in [0.05, 0.1) is 12.4 Å². The summed E-state index contributed by atoms with van der Waals surface area (Å²) in [5.74, 6) is 4.80. The average Bonchev–Trinajstić information content (AvgIpc) is 2.37. The number of aliphatic hydroxyl groups is 1. The van der Waals surface area contributed by atoms with Crippen molar-refractivity contribution in [3.8, 4) is 11.8 Å². The monoisotopic (exact) mass is 333 g/mol. The molecule has 0 amide bonds. The fourth-order valence-corrected chi connectivity index (χ4v) is 2.79. The van der Waals surface area contributed by atoms with Crippen LogP contribution in [0.15, 0.2) is 23.4 Å². The summed E-state index contributed by atoms with van der Waals surface area (Å²) >= 11 is 0. The first-order valence-corrected chi connectivity index (χ1v) is 8.99. The average molecular weight is 333 g/mol. The van der Waals surface area contributed by atoms with Crippen LogP contribution in [0.2, 0.25) is 0 Å². The van der Waals surface area contributed by atoms with Gasteiger partial charge in [0.1, 0.15) is 4.90 Å². The highest BCUT2D eigenvalue weighted by molar-refractivity contribution is 7.90. The van der Waals surface area contributed by atoms with Gasteiger partial charge in [-0.2, -0.15) is 0 Å². The number of aromatic nitrogens is 1. The van der Waals surface area contributed by atoms with Crippen LogP contribution >= 0.6 is 0 Å². The second-order valence-electron chi connectivity index (χ2n) is 3.95. The lowest BCUT2D eigenvalue weighted by molar-refractivity contribution is 0.305. The van der Waals surface area contributed by atoms with Gasteiger partial charge in [0.25, 0.3) is 0 Å². The molecule has 1 aromatic rings. The van der Waals surface area contributed by atoms with Crippen molar-refractivity contribution in [2.45, 2.75) is 11.3 Å². The lowest BCUT2D eigenvalue weighted by Crippen LogP contribution is -2.31. The Morgan fingerprint density at radius 1 is 1.29 bits per heavy atom. The molecule has 0 saturated carbocycles. The van der Waals surface area contributed by atoms with Crippen molar-refractivity contribution in [3.05, 3.63) is 24.0 Å². The molecule has 0 saturated heterocycles. The van der Waals surface area contributed by atoms with Crippen LogP contribution in [-0.4, -0.2) is 45.8 Å². The molecule has 0 aromatic carbocycles. The van der Waals surface area contributed by atoms with E-state index in [1.54, 1.807) is 0 Å². The topological polar surface area (TPSA) is 139 Å². The zero-order chi connectivity index (χ0) is 15.9. The Bertz CT molecular complexity index is 748. The lowest BCUT2D eigenvalue weighted by Gasteiger charge is -2.05. The molecule has 1 rings (SSSR count). The molecule has 116 valence electrons. The van der Waals surface area contributed by atoms with Gasteiger partial charge in [-0.3, -0.25) is 4.98 Å². The van der Waals surface area contributed by atoms with E-state index in [2.05, 4.69) is 21.5 Å². The van der Waals surface area contributed by atoms with Gasteiger partial charge < -0.3 is 5.11 Å². The third-order valence-electron chi connectivity index (χ3n) is 2.17. The number of primary sulfonamides is 1. The Morgan fingerprint density at radius 2 is 2.00 bits per heavy atom. The van der Waals surface area contributed by atoms with Crippen molar-refractivity contribution >= 4 is 20.0 Å². The van der Waals surface area contributed by atoms with Crippen LogP contribution < -0.4 is 9.86 Å². The highest BCUT2D eigenvalue weighted by Crippen LogP contribution is 2.08. The van der Waals surface area contributed by atoms with E-state index in [1.807, 2.05) is 0 Å². The maximum Gasteiger partial charge on any atom is 0.242 e. The Labute approximate surface area is 123 Å². The number of hydrogen-bond acceptors (Lipinski definition) is 6. The van der Waals surface area contributed by atoms with E-state index in [0.717, 1.165) is 6.20 Å². The minimum absolute atomic E-state index is 0.0897. The maximum atomic E-state index is 11.9. The van der Waals surface area contributed by atoms with Crippen LogP contribution in [-0.2, 0) is 20.0 Å². The van der Waals surface area contributed by atoms with Gasteiger partial charge in [0, 0.05) is 30.9 Å². The molecule has 10 heteroatoms. The Balaban J connectivity index is 2.84. The zero-order valence-corrected chi connectivity index (χ0v) is 12.6. The third kappa shape index (κ3) is 6.65. The van der Waals surface area contributed by atoms with Gasteiger partial charge in [0.15, 0.2) is 0 Å². The predicted octanol–water partition coefficient (Wildman–Crippen LogP) is -1.62. The number of nitrogens with one attached hydrogen (secondary N) is 1. The van der Waals surface area contributed by atoms with Crippen LogP contribution in [0.1, 0.15) is 12.0 Å². The summed E-state index contributed by atoms with van der Waals surface area (Å²) in [5.41, 5.74) is 0.373. The molecule has 8 nitrogen and oxygen atoms in total. The van der Waals surface area contributed by atoms with Crippen LogP contribution in [0.4, 0.5) is 0 Å². The molecule has 0 fully saturated rings. The molecule has 0 aliphatic heterocycles. The summed E-state index contributed by atoms with van der Waals surface area (Å²) in [7, 11) is -7.63. The second-order valence-corrected chi connectivity index (χ2v) is 7.45. The molecule has 0 unspecified atom stereocenters. The highest BCUT2D eigenvalue weighted by atomic mass is 32.2. The van der Waals surface area contributed by atoms with Crippen molar-refractivity contribution in [1.82, 2.24) is 9.71 Å². The van der Waals surface area contributed by atoms with Gasteiger partial charge in [0.2, 0.25) is 20.0 Å². The van der Waals surface area contributed by atoms with Crippen LogP contribution in [0, 0.1) is 11.8 Å². The SMILES string of the molecule is NS(=O)(=O)CCNS(=O)(=O)c1cncc(C#CCCO)c1. The molecule has 1 aromatic heterocycles. The standard InChI is InChI=1S/C11H15N3O5S2/c12-20(16,17)6-4-14-21(18,19)11-7-10(8-13-9-11)3-1-2-5-15/h7-9,14-15H,2,4-6H2,(H2,12,16,17). The van der Waals surface area contributed by atoms with Crippen LogP contribution in [0.25, 0.3) is 0 Å². The number of nitrogens with zero attached hydrogens (tertiary/aromatic N) is 1. The number of sulfonamides is 2. The van der Waals surface area contributed by atoms with E-state index < -0.39 is 25.8 Å². The minimum Gasteiger partial charge on any atom is -0.395 e. The molecule has 0 aliphatic carbocycles. The van der Waals surface area contributed by atoms with Gasteiger partial charge >= 0.3 is 0 Å². The van der Waals surface area contributed by atoms with Gasteiger partial charge in [-0.05, 0) is 6.07 Å². The van der Waals surface area contributed by atoms with E-state index in [-0.39, 0.29) is 24.5 Å². The quantitative estimate of drug-likeness (QED) is 0.535. The fraction of sp³-hybridized carbons (Fsp3) is 0.364. The molecular formula is C11H15N3O5S2. The molecule has 0 radical (unpaired) electrons. The van der Waals surface area contributed by atoms with Crippen molar-refractivity contribution in [1.29, 1.82) is 0 Å². The van der Waals surface area contributed by atoms with Crippen molar-refractivity contribution in [2.24, 2.45) is 5.14 Å². The Morgan fingerprint density at radius 3 is 2.62 bits per heavy atom. The molecule has 0 atom stereocenters. The minimum atomic E-state index is -3.89. The van der Waals surface area contributed by atoms with E-state index in [1.165, 1.54) is 12.3 Å². The number of pyridine rings is 1. The second kappa shape index (κ2) is 7.48. The molecule has 4 N–H and O–H groups in total. The molecule has 1 heterocycles. The van der Waals surface area contributed by atoms with Crippen molar-refractivity contribution in [3.63, 3.8) is 0 Å². The normalized spacial score (nSPS) is 11.7.